The maximum atomic E-state index is 12.6. The summed E-state index contributed by atoms with van der Waals surface area (Å²) in [6, 6.07) is 23.4. The Morgan fingerprint density at radius 2 is 1.50 bits per heavy atom. The summed E-state index contributed by atoms with van der Waals surface area (Å²) in [4.78, 5) is 25.0. The number of hydrogen-bond donors (Lipinski definition) is 3. The van der Waals surface area contributed by atoms with Gasteiger partial charge in [-0.2, -0.15) is 0 Å². The quantitative estimate of drug-likeness (QED) is 0.332. The van der Waals surface area contributed by atoms with E-state index >= 15 is 0 Å². The number of carbonyl (C=O) groups is 2. The monoisotopic (exact) mass is 477 g/mol. The van der Waals surface area contributed by atoms with Gasteiger partial charge in [0.1, 0.15) is 18.1 Å². The van der Waals surface area contributed by atoms with Gasteiger partial charge in [-0.1, -0.05) is 56.3 Å². The minimum absolute atomic E-state index is 0.0418. The Balaban J connectivity index is 1.47. The molecule has 0 unspecified atom stereocenters. The molecular formula is C26H27N3O4S. The molecule has 0 aliphatic heterocycles. The van der Waals surface area contributed by atoms with E-state index < -0.39 is 11.8 Å². The van der Waals surface area contributed by atoms with Gasteiger partial charge in [-0.3, -0.25) is 25.8 Å². The number of hydrazine groups is 1. The Kier molecular flexibility index (Phi) is 8.99. The summed E-state index contributed by atoms with van der Waals surface area (Å²) in [6.07, 6.45) is 0. The fourth-order valence-corrected chi connectivity index (χ4v) is 3.01. The van der Waals surface area contributed by atoms with Crippen LogP contribution in [0.25, 0.3) is 0 Å². The van der Waals surface area contributed by atoms with Gasteiger partial charge in [-0.25, -0.2) is 0 Å². The Labute approximate surface area is 204 Å². The highest BCUT2D eigenvalue weighted by Gasteiger charge is 2.14. The van der Waals surface area contributed by atoms with Gasteiger partial charge in [0.15, 0.2) is 5.11 Å². The van der Waals surface area contributed by atoms with Crippen LogP contribution in [0, 0.1) is 5.92 Å². The topological polar surface area (TPSA) is 88.7 Å². The molecule has 0 aliphatic carbocycles. The van der Waals surface area contributed by atoms with Gasteiger partial charge in [-0.05, 0) is 60.1 Å². The average Bonchev–Trinajstić information content (AvgIpc) is 2.86. The summed E-state index contributed by atoms with van der Waals surface area (Å²) in [5.41, 5.74) is 6.82. The molecule has 0 saturated heterocycles. The maximum absolute atomic E-state index is 12.6. The first-order valence-corrected chi connectivity index (χ1v) is 11.2. The lowest BCUT2D eigenvalue weighted by molar-refractivity contribution is 0.0933. The number of amides is 2. The van der Waals surface area contributed by atoms with Crippen molar-refractivity contribution in [1.29, 1.82) is 0 Å². The van der Waals surface area contributed by atoms with Crippen molar-refractivity contribution in [3.63, 3.8) is 0 Å². The van der Waals surface area contributed by atoms with Gasteiger partial charge in [-0.15, -0.1) is 0 Å². The molecule has 0 radical (unpaired) electrons. The van der Waals surface area contributed by atoms with E-state index in [9.17, 15) is 9.59 Å². The highest BCUT2D eigenvalue weighted by molar-refractivity contribution is 7.80. The van der Waals surface area contributed by atoms with E-state index in [0.717, 1.165) is 5.56 Å². The third-order valence-corrected chi connectivity index (χ3v) is 4.79. The molecule has 0 heterocycles. The number of nitrogens with one attached hydrogen (secondary N) is 3. The zero-order valence-corrected chi connectivity index (χ0v) is 19.9. The Morgan fingerprint density at radius 3 is 2.21 bits per heavy atom. The summed E-state index contributed by atoms with van der Waals surface area (Å²) >= 11 is 5.13. The van der Waals surface area contributed by atoms with Crippen molar-refractivity contribution < 1.29 is 19.1 Å². The van der Waals surface area contributed by atoms with Crippen LogP contribution < -0.4 is 25.6 Å². The van der Waals surface area contributed by atoms with Crippen LogP contribution in [0.15, 0.2) is 78.9 Å². The zero-order valence-electron chi connectivity index (χ0n) is 19.0. The first kappa shape index (κ1) is 24.7. The number of rotatable bonds is 8. The van der Waals surface area contributed by atoms with E-state index in [0.29, 0.717) is 41.8 Å². The van der Waals surface area contributed by atoms with Crippen LogP contribution >= 0.6 is 12.2 Å². The highest BCUT2D eigenvalue weighted by Crippen LogP contribution is 2.18. The van der Waals surface area contributed by atoms with Crippen molar-refractivity contribution in [1.82, 2.24) is 16.2 Å². The van der Waals surface area contributed by atoms with Crippen LogP contribution in [-0.2, 0) is 6.61 Å². The van der Waals surface area contributed by atoms with Crippen LogP contribution in [-0.4, -0.2) is 23.5 Å². The second kappa shape index (κ2) is 12.4. The van der Waals surface area contributed by atoms with Gasteiger partial charge in [0.05, 0.1) is 12.2 Å². The van der Waals surface area contributed by atoms with E-state index in [2.05, 4.69) is 16.2 Å². The molecule has 8 heteroatoms. The van der Waals surface area contributed by atoms with Gasteiger partial charge in [0, 0.05) is 5.56 Å². The largest absolute Gasteiger partial charge is 0.492 e. The molecular weight excluding hydrogens is 450 g/mol. The molecule has 0 aromatic heterocycles. The van der Waals surface area contributed by atoms with Crippen LogP contribution in [0.1, 0.15) is 40.1 Å². The number of benzene rings is 3. The molecule has 0 atom stereocenters. The van der Waals surface area contributed by atoms with E-state index in [-0.39, 0.29) is 5.11 Å². The lowest BCUT2D eigenvalue weighted by atomic mass is 10.2. The van der Waals surface area contributed by atoms with Gasteiger partial charge in [0.2, 0.25) is 0 Å². The maximum Gasteiger partial charge on any atom is 0.269 e. The van der Waals surface area contributed by atoms with Crippen molar-refractivity contribution in [3.05, 3.63) is 95.6 Å². The molecule has 2 amide bonds. The summed E-state index contributed by atoms with van der Waals surface area (Å²) in [7, 11) is 0. The van der Waals surface area contributed by atoms with Gasteiger partial charge >= 0.3 is 0 Å². The van der Waals surface area contributed by atoms with Crippen molar-refractivity contribution in [2.24, 2.45) is 5.92 Å². The first-order valence-electron chi connectivity index (χ1n) is 10.8. The predicted octanol–water partition coefficient (Wildman–Crippen LogP) is 4.25. The molecule has 0 saturated carbocycles. The van der Waals surface area contributed by atoms with Crippen LogP contribution in [0.5, 0.6) is 11.5 Å². The van der Waals surface area contributed by atoms with E-state index in [1.54, 1.807) is 48.5 Å². The molecule has 3 aromatic carbocycles. The van der Waals surface area contributed by atoms with E-state index in [4.69, 9.17) is 21.7 Å². The van der Waals surface area contributed by atoms with Crippen LogP contribution in [0.2, 0.25) is 0 Å². The second-order valence-electron chi connectivity index (χ2n) is 7.86. The Bertz CT molecular complexity index is 1120. The molecule has 0 fully saturated rings. The van der Waals surface area contributed by atoms with Gasteiger partial charge in [0.25, 0.3) is 11.8 Å². The van der Waals surface area contributed by atoms with Crippen molar-refractivity contribution in [3.8, 4) is 11.5 Å². The zero-order chi connectivity index (χ0) is 24.3. The van der Waals surface area contributed by atoms with Crippen molar-refractivity contribution >= 4 is 29.1 Å². The lowest BCUT2D eigenvalue weighted by Crippen LogP contribution is -2.48. The minimum Gasteiger partial charge on any atom is -0.492 e. The second-order valence-corrected chi connectivity index (χ2v) is 8.27. The molecule has 7 nitrogen and oxygen atoms in total. The third kappa shape index (κ3) is 7.60. The SMILES string of the molecule is CC(C)COc1ccccc1C(=O)NC(=S)NNC(=O)c1ccc(OCc2ccccc2)cc1. The standard InChI is InChI=1S/C26H27N3O4S/c1-18(2)16-33-23-11-7-6-10-22(23)25(31)27-26(34)29-28-24(30)20-12-14-21(15-13-20)32-17-19-8-4-3-5-9-19/h3-15,18H,16-17H2,1-2H3,(H,28,30)(H2,27,29,31,34). The molecule has 0 aliphatic rings. The summed E-state index contributed by atoms with van der Waals surface area (Å²) in [5.74, 6) is 0.584. The number of hydrogen-bond acceptors (Lipinski definition) is 5. The van der Waals surface area contributed by atoms with E-state index in [1.807, 2.05) is 44.2 Å². The molecule has 3 aromatic rings. The normalized spacial score (nSPS) is 10.3. The summed E-state index contributed by atoms with van der Waals surface area (Å²) in [5, 5.41) is 2.50. The van der Waals surface area contributed by atoms with Crippen LogP contribution in [0.4, 0.5) is 0 Å². The predicted molar refractivity (Wildman–Crippen MR) is 135 cm³/mol. The lowest BCUT2D eigenvalue weighted by Gasteiger charge is -2.14. The van der Waals surface area contributed by atoms with E-state index in [1.165, 1.54) is 0 Å². The smallest absolute Gasteiger partial charge is 0.269 e. The molecule has 3 rings (SSSR count). The highest BCUT2D eigenvalue weighted by atomic mass is 32.1. The van der Waals surface area contributed by atoms with Gasteiger partial charge < -0.3 is 9.47 Å². The number of thiocarbonyl (C=S) groups is 1. The molecule has 176 valence electrons. The number of para-hydroxylation sites is 1. The molecule has 34 heavy (non-hydrogen) atoms. The number of carbonyl (C=O) groups excluding carboxylic acids is 2. The molecule has 0 spiro atoms. The fraction of sp³-hybridized carbons (Fsp3) is 0.192. The van der Waals surface area contributed by atoms with Crippen molar-refractivity contribution in [2.75, 3.05) is 6.61 Å². The third-order valence-electron chi connectivity index (χ3n) is 4.59. The first-order chi connectivity index (χ1) is 16.4. The minimum atomic E-state index is -0.439. The Morgan fingerprint density at radius 1 is 0.824 bits per heavy atom. The average molecular weight is 478 g/mol. The molecule has 0 bridgehead atoms. The number of ether oxygens (including phenoxy) is 2. The Hall–Kier alpha value is -3.91. The molecule has 3 N–H and O–H groups in total. The van der Waals surface area contributed by atoms with Crippen molar-refractivity contribution in [2.45, 2.75) is 20.5 Å². The fourth-order valence-electron chi connectivity index (χ4n) is 2.87. The summed E-state index contributed by atoms with van der Waals surface area (Å²) < 4.78 is 11.4. The summed E-state index contributed by atoms with van der Waals surface area (Å²) in [6.45, 7) is 4.97. The van der Waals surface area contributed by atoms with Crippen LogP contribution in [0.3, 0.4) is 0 Å².